The van der Waals surface area contributed by atoms with E-state index in [0.29, 0.717) is 22.0 Å². The molecule has 0 fully saturated rings. The molecule has 2 aromatic carbocycles. The van der Waals surface area contributed by atoms with Gasteiger partial charge in [-0.3, -0.25) is 14.4 Å². The second-order valence-corrected chi connectivity index (χ2v) is 8.69. The van der Waals surface area contributed by atoms with Gasteiger partial charge in [0, 0.05) is 23.1 Å². The number of nitrogens with zero attached hydrogens (tertiary/aromatic N) is 2. The third-order valence-electron chi connectivity index (χ3n) is 5.13. The number of benzene rings is 2. The van der Waals surface area contributed by atoms with Crippen LogP contribution < -0.4 is 16.2 Å². The van der Waals surface area contributed by atoms with Gasteiger partial charge < -0.3 is 10.6 Å². The first kappa shape index (κ1) is 22.4. The van der Waals surface area contributed by atoms with Crippen molar-refractivity contribution >= 4 is 39.5 Å². The number of amides is 2. The van der Waals surface area contributed by atoms with Crippen LogP contribution in [0.25, 0.3) is 4.96 Å². The number of hydrogen-bond donors (Lipinski definition) is 2. The highest BCUT2D eigenvalue weighted by Crippen LogP contribution is 2.24. The topological polar surface area (TPSA) is 92.6 Å². The lowest BCUT2D eigenvalue weighted by molar-refractivity contribution is 0.0989. The van der Waals surface area contributed by atoms with Crippen LogP contribution >= 0.6 is 11.3 Å². The quantitative estimate of drug-likeness (QED) is 0.410. The van der Waals surface area contributed by atoms with Gasteiger partial charge in [0.2, 0.25) is 0 Å². The van der Waals surface area contributed by atoms with Crippen LogP contribution in [0.3, 0.4) is 0 Å². The third-order valence-corrected chi connectivity index (χ3v) is 6.17. The molecule has 0 radical (unpaired) electrons. The number of carbonyl (C=O) groups is 2. The molecule has 0 spiro atoms. The second-order valence-electron chi connectivity index (χ2n) is 7.71. The summed E-state index contributed by atoms with van der Waals surface area (Å²) in [4.78, 5) is 43.9. The first-order valence-corrected chi connectivity index (χ1v) is 11.6. The molecule has 0 unspecified atom stereocenters. The number of aryl methyl sites for hydroxylation is 2. The maximum Gasteiger partial charge on any atom is 0.274 e. The zero-order valence-corrected chi connectivity index (χ0v) is 19.2. The van der Waals surface area contributed by atoms with E-state index in [9.17, 15) is 14.4 Å². The number of thiazole rings is 1. The zero-order chi connectivity index (χ0) is 23.4. The fraction of sp³-hybridized carbons (Fsp3) is 0.200. The Labute approximate surface area is 195 Å². The Morgan fingerprint density at radius 3 is 2.33 bits per heavy atom. The van der Waals surface area contributed by atoms with Crippen LogP contribution in [0.5, 0.6) is 0 Å². The van der Waals surface area contributed by atoms with Crippen LogP contribution in [0.2, 0.25) is 0 Å². The fourth-order valence-electron chi connectivity index (χ4n) is 3.48. The number of aromatic nitrogens is 2. The summed E-state index contributed by atoms with van der Waals surface area (Å²) in [5.41, 5.74) is 2.44. The van der Waals surface area contributed by atoms with E-state index >= 15 is 0 Å². The van der Waals surface area contributed by atoms with Crippen molar-refractivity contribution in [1.29, 1.82) is 0 Å². The lowest BCUT2D eigenvalue weighted by atomic mass is 10.1. The number of nitrogens with one attached hydrogen (secondary N) is 2. The first-order valence-electron chi connectivity index (χ1n) is 10.8. The maximum absolute atomic E-state index is 13.3. The van der Waals surface area contributed by atoms with E-state index < -0.39 is 17.4 Å². The summed E-state index contributed by atoms with van der Waals surface area (Å²) in [6.07, 6.45) is 3.19. The van der Waals surface area contributed by atoms with Gasteiger partial charge in [0.15, 0.2) is 4.96 Å². The van der Waals surface area contributed by atoms with E-state index in [1.807, 2.05) is 30.3 Å². The van der Waals surface area contributed by atoms with Crippen LogP contribution in [0, 0.1) is 6.92 Å². The first-order chi connectivity index (χ1) is 16.0. The molecule has 4 aromatic rings. The summed E-state index contributed by atoms with van der Waals surface area (Å²) in [6.45, 7) is 3.84. The standard InChI is InChI=1S/C25H24N4O3S/c1-3-4-8-17-11-13-19(14-12-17)27-23(31)21-22(24(32)28-18-9-6-5-7-10-18)33-25-26-16(2)15-20(30)29(21)25/h5-7,9-15H,3-4,8H2,1-2H3,(H,27,31)(H,28,32). The Morgan fingerprint density at radius 2 is 1.64 bits per heavy atom. The molecule has 2 heterocycles. The highest BCUT2D eigenvalue weighted by molar-refractivity contribution is 7.19. The fourth-order valence-corrected chi connectivity index (χ4v) is 4.55. The van der Waals surface area contributed by atoms with E-state index in [1.54, 1.807) is 31.2 Å². The van der Waals surface area contributed by atoms with Crippen LogP contribution in [0.1, 0.15) is 51.2 Å². The van der Waals surface area contributed by atoms with Gasteiger partial charge in [-0.2, -0.15) is 0 Å². The molecule has 0 aliphatic carbocycles. The van der Waals surface area contributed by atoms with E-state index in [0.717, 1.165) is 30.6 Å². The minimum Gasteiger partial charge on any atom is -0.321 e. The molecule has 0 aliphatic rings. The lowest BCUT2D eigenvalue weighted by Gasteiger charge is -2.09. The summed E-state index contributed by atoms with van der Waals surface area (Å²) in [7, 11) is 0. The van der Waals surface area contributed by atoms with Gasteiger partial charge in [-0.05, 0) is 49.6 Å². The van der Waals surface area contributed by atoms with Crippen molar-refractivity contribution in [2.75, 3.05) is 10.6 Å². The summed E-state index contributed by atoms with van der Waals surface area (Å²) in [5, 5.41) is 5.61. The molecular formula is C25H24N4O3S. The number of carbonyl (C=O) groups excluding carboxylic acids is 2. The lowest BCUT2D eigenvalue weighted by Crippen LogP contribution is -2.25. The van der Waals surface area contributed by atoms with Crippen molar-refractivity contribution in [3.05, 3.63) is 92.8 Å². The van der Waals surface area contributed by atoms with Crippen molar-refractivity contribution in [1.82, 2.24) is 9.38 Å². The molecule has 0 saturated carbocycles. The van der Waals surface area contributed by atoms with E-state index in [4.69, 9.17) is 0 Å². The molecule has 33 heavy (non-hydrogen) atoms. The number of fused-ring (bicyclic) bond motifs is 1. The number of anilines is 2. The van der Waals surface area contributed by atoms with Gasteiger partial charge in [0.1, 0.15) is 10.6 Å². The average Bonchev–Trinajstić information content (AvgIpc) is 3.19. The van der Waals surface area contributed by atoms with Gasteiger partial charge in [-0.15, -0.1) is 0 Å². The molecule has 2 N–H and O–H groups in total. The van der Waals surface area contributed by atoms with E-state index in [2.05, 4.69) is 22.5 Å². The van der Waals surface area contributed by atoms with Crippen molar-refractivity contribution in [3.63, 3.8) is 0 Å². The number of unbranched alkanes of at least 4 members (excludes halogenated alkanes) is 1. The minimum absolute atomic E-state index is 0.0315. The number of hydrogen-bond acceptors (Lipinski definition) is 5. The van der Waals surface area contributed by atoms with Crippen LogP contribution in [-0.2, 0) is 6.42 Å². The highest BCUT2D eigenvalue weighted by Gasteiger charge is 2.26. The molecule has 0 saturated heterocycles. The van der Waals surface area contributed by atoms with E-state index in [-0.39, 0.29) is 10.6 Å². The zero-order valence-electron chi connectivity index (χ0n) is 18.4. The summed E-state index contributed by atoms with van der Waals surface area (Å²) in [6, 6.07) is 17.9. The predicted molar refractivity (Wildman–Crippen MR) is 131 cm³/mol. The molecule has 2 amide bonds. The Balaban J connectivity index is 1.70. The summed E-state index contributed by atoms with van der Waals surface area (Å²) < 4.78 is 1.20. The normalized spacial score (nSPS) is 10.8. The molecule has 2 aromatic heterocycles. The molecule has 7 nitrogen and oxygen atoms in total. The number of rotatable bonds is 7. The maximum atomic E-state index is 13.3. The second kappa shape index (κ2) is 9.79. The van der Waals surface area contributed by atoms with Crippen LogP contribution in [0.4, 0.5) is 11.4 Å². The Morgan fingerprint density at radius 1 is 0.970 bits per heavy atom. The van der Waals surface area contributed by atoms with E-state index in [1.165, 1.54) is 16.0 Å². The van der Waals surface area contributed by atoms with Gasteiger partial charge >= 0.3 is 0 Å². The van der Waals surface area contributed by atoms with Crippen molar-refractivity contribution < 1.29 is 9.59 Å². The van der Waals surface area contributed by atoms with Crippen LogP contribution in [0.15, 0.2) is 65.5 Å². The molecule has 168 valence electrons. The Hall–Kier alpha value is -3.78. The smallest absolute Gasteiger partial charge is 0.274 e. The molecular weight excluding hydrogens is 436 g/mol. The van der Waals surface area contributed by atoms with Gasteiger partial charge in [-0.25, -0.2) is 9.38 Å². The van der Waals surface area contributed by atoms with Crippen molar-refractivity contribution in [2.24, 2.45) is 0 Å². The predicted octanol–water partition coefficient (Wildman–Crippen LogP) is 4.91. The molecule has 0 bridgehead atoms. The summed E-state index contributed by atoms with van der Waals surface area (Å²) in [5.74, 6) is -1.03. The van der Waals surface area contributed by atoms with Crippen LogP contribution in [-0.4, -0.2) is 21.2 Å². The van der Waals surface area contributed by atoms with Crippen molar-refractivity contribution in [2.45, 2.75) is 33.1 Å². The molecule has 0 atom stereocenters. The SMILES string of the molecule is CCCCc1ccc(NC(=O)c2c(C(=O)Nc3ccccc3)sc3nc(C)cc(=O)n23)cc1. The van der Waals surface area contributed by atoms with Gasteiger partial charge in [0.05, 0.1) is 0 Å². The van der Waals surface area contributed by atoms with Crippen molar-refractivity contribution in [3.8, 4) is 0 Å². The minimum atomic E-state index is -0.548. The molecule has 0 aliphatic heterocycles. The molecule has 8 heteroatoms. The largest absolute Gasteiger partial charge is 0.321 e. The Kier molecular flexibility index (Phi) is 6.65. The Bertz CT molecular complexity index is 1360. The summed E-state index contributed by atoms with van der Waals surface area (Å²) >= 11 is 1.01. The van der Waals surface area contributed by atoms with Gasteiger partial charge in [-0.1, -0.05) is 55.0 Å². The highest BCUT2D eigenvalue weighted by atomic mass is 32.1. The number of para-hydroxylation sites is 1. The van der Waals surface area contributed by atoms with Gasteiger partial charge in [0.25, 0.3) is 17.4 Å². The monoisotopic (exact) mass is 460 g/mol. The molecule has 4 rings (SSSR count). The average molecular weight is 461 g/mol. The third kappa shape index (κ3) is 5.01.